The van der Waals surface area contributed by atoms with Gasteiger partial charge in [0.2, 0.25) is 10.0 Å². The van der Waals surface area contributed by atoms with Gasteiger partial charge in [-0.05, 0) is 37.5 Å². The molecule has 2 aliphatic rings. The summed E-state index contributed by atoms with van der Waals surface area (Å²) in [6.45, 7) is 1.41. The van der Waals surface area contributed by atoms with Gasteiger partial charge in [-0.3, -0.25) is 0 Å². The van der Waals surface area contributed by atoms with Gasteiger partial charge in [0.05, 0.1) is 5.75 Å². The van der Waals surface area contributed by atoms with E-state index >= 15 is 0 Å². The maximum absolute atomic E-state index is 12.3. The minimum atomic E-state index is -3.02. The van der Waals surface area contributed by atoms with E-state index in [1.165, 1.54) is 19.3 Å². The van der Waals surface area contributed by atoms with Crippen molar-refractivity contribution in [1.29, 1.82) is 0 Å². The molecule has 1 aliphatic carbocycles. The molecule has 0 aromatic rings. The first-order valence-corrected chi connectivity index (χ1v) is 9.30. The quantitative estimate of drug-likeness (QED) is 0.706. The van der Waals surface area contributed by atoms with Crippen LogP contribution in [0.3, 0.4) is 0 Å². The molecule has 1 aliphatic heterocycles. The van der Waals surface area contributed by atoms with Gasteiger partial charge in [0.1, 0.15) is 0 Å². The van der Waals surface area contributed by atoms with E-state index in [0.29, 0.717) is 36.6 Å². The van der Waals surface area contributed by atoms with E-state index in [2.05, 4.69) is 0 Å². The second kappa shape index (κ2) is 6.58. The third-order valence-corrected chi connectivity index (χ3v) is 6.49. The summed E-state index contributed by atoms with van der Waals surface area (Å²) >= 11 is 5.76. The fourth-order valence-corrected chi connectivity index (χ4v) is 4.94. The molecule has 1 unspecified atom stereocenters. The van der Waals surface area contributed by atoms with Crippen molar-refractivity contribution in [3.63, 3.8) is 0 Å². The smallest absolute Gasteiger partial charge is 0.212 e. The molecule has 0 spiro atoms. The van der Waals surface area contributed by atoms with Crippen molar-refractivity contribution in [1.82, 2.24) is 4.31 Å². The zero-order valence-electron chi connectivity index (χ0n) is 11.0. The Morgan fingerprint density at radius 2 is 1.78 bits per heavy atom. The zero-order chi connectivity index (χ0) is 13.0. The molecule has 0 aromatic carbocycles. The molecule has 1 saturated carbocycles. The van der Waals surface area contributed by atoms with E-state index in [-0.39, 0.29) is 0 Å². The van der Waals surface area contributed by atoms with Gasteiger partial charge in [-0.15, -0.1) is 11.6 Å². The second-order valence-electron chi connectivity index (χ2n) is 5.75. The van der Waals surface area contributed by atoms with Crippen LogP contribution in [0.1, 0.15) is 44.9 Å². The first-order valence-electron chi connectivity index (χ1n) is 7.15. The first kappa shape index (κ1) is 14.6. The Balaban J connectivity index is 1.83. The fraction of sp³-hybridized carbons (Fsp3) is 1.00. The molecule has 0 bridgehead atoms. The lowest BCUT2D eigenvalue weighted by Crippen LogP contribution is -2.41. The molecule has 0 N–H and O–H groups in total. The third kappa shape index (κ3) is 3.84. The highest BCUT2D eigenvalue weighted by Gasteiger charge is 2.29. The predicted molar refractivity (Wildman–Crippen MR) is 75.4 cm³/mol. The van der Waals surface area contributed by atoms with E-state index in [9.17, 15) is 8.42 Å². The number of sulfonamides is 1. The Kier molecular flexibility index (Phi) is 5.34. The van der Waals surface area contributed by atoms with Crippen LogP contribution in [0.5, 0.6) is 0 Å². The van der Waals surface area contributed by atoms with E-state index in [0.717, 1.165) is 25.7 Å². The second-order valence-corrected chi connectivity index (χ2v) is 8.21. The number of hydrogen-bond acceptors (Lipinski definition) is 2. The lowest BCUT2D eigenvalue weighted by molar-refractivity contribution is 0.259. The van der Waals surface area contributed by atoms with Gasteiger partial charge in [-0.25, -0.2) is 12.7 Å². The predicted octanol–water partition coefficient (Wildman–Crippen LogP) is 2.85. The Hall–Kier alpha value is 0.200. The van der Waals surface area contributed by atoms with Crippen LogP contribution in [0.15, 0.2) is 0 Å². The summed E-state index contributed by atoms with van der Waals surface area (Å²) in [6.07, 6.45) is 7.65. The third-order valence-electron chi connectivity index (χ3n) is 4.40. The van der Waals surface area contributed by atoms with Gasteiger partial charge in [0.25, 0.3) is 0 Å². The van der Waals surface area contributed by atoms with Crippen LogP contribution in [-0.2, 0) is 10.0 Å². The van der Waals surface area contributed by atoms with E-state index in [1.54, 1.807) is 4.31 Å². The summed E-state index contributed by atoms with van der Waals surface area (Å²) in [7, 11) is -3.02. The number of rotatable bonds is 6. The van der Waals surface area contributed by atoms with Crippen molar-refractivity contribution < 1.29 is 8.42 Å². The minimum absolute atomic E-state index is 0.352. The summed E-state index contributed by atoms with van der Waals surface area (Å²) in [5.41, 5.74) is 0. The summed E-state index contributed by atoms with van der Waals surface area (Å²) in [4.78, 5) is 0. The van der Waals surface area contributed by atoms with E-state index < -0.39 is 10.0 Å². The summed E-state index contributed by atoms with van der Waals surface area (Å²) < 4.78 is 26.3. The lowest BCUT2D eigenvalue weighted by atomic mass is 9.84. The zero-order valence-corrected chi connectivity index (χ0v) is 12.6. The average Bonchev–Trinajstić information content (AvgIpc) is 2.27. The van der Waals surface area contributed by atoms with Crippen molar-refractivity contribution >= 4 is 21.6 Å². The molecule has 0 radical (unpaired) electrons. The number of alkyl halides is 1. The molecule has 3 nitrogen and oxygen atoms in total. The van der Waals surface area contributed by atoms with Crippen LogP contribution >= 0.6 is 11.6 Å². The first-order chi connectivity index (χ1) is 8.62. The van der Waals surface area contributed by atoms with Crippen molar-refractivity contribution in [2.75, 3.05) is 24.7 Å². The van der Waals surface area contributed by atoms with Crippen LogP contribution in [0.4, 0.5) is 0 Å². The highest BCUT2D eigenvalue weighted by molar-refractivity contribution is 7.89. The maximum Gasteiger partial charge on any atom is 0.214 e. The highest BCUT2D eigenvalue weighted by Crippen LogP contribution is 2.30. The van der Waals surface area contributed by atoms with Crippen LogP contribution in [0.2, 0.25) is 0 Å². The minimum Gasteiger partial charge on any atom is -0.212 e. The molecule has 0 aromatic heterocycles. The molecule has 1 heterocycles. The lowest BCUT2D eigenvalue weighted by Gasteiger charge is -2.32. The molecule has 1 saturated heterocycles. The molecular formula is C13H24ClNO2S. The summed E-state index contributed by atoms with van der Waals surface area (Å²) in [5.74, 6) is 2.13. The number of halogens is 1. The Morgan fingerprint density at radius 1 is 1.06 bits per heavy atom. The maximum atomic E-state index is 12.3. The number of hydrogen-bond donors (Lipinski definition) is 0. The van der Waals surface area contributed by atoms with Gasteiger partial charge in [0, 0.05) is 19.0 Å². The van der Waals surface area contributed by atoms with Gasteiger partial charge >= 0.3 is 0 Å². The summed E-state index contributed by atoms with van der Waals surface area (Å²) in [6, 6.07) is 0. The monoisotopic (exact) mass is 293 g/mol. The SMILES string of the molecule is O=S(=O)(CCC1CCC1)N1CCCC(CCCl)C1. The van der Waals surface area contributed by atoms with Crippen LogP contribution in [-0.4, -0.2) is 37.4 Å². The molecule has 1 atom stereocenters. The van der Waals surface area contributed by atoms with Gasteiger partial charge in [-0.2, -0.15) is 0 Å². The van der Waals surface area contributed by atoms with Crippen LogP contribution in [0, 0.1) is 11.8 Å². The van der Waals surface area contributed by atoms with Crippen molar-refractivity contribution in [3.8, 4) is 0 Å². The average molecular weight is 294 g/mol. The van der Waals surface area contributed by atoms with Gasteiger partial charge in [-0.1, -0.05) is 19.3 Å². The van der Waals surface area contributed by atoms with Gasteiger partial charge < -0.3 is 0 Å². The number of piperidine rings is 1. The number of nitrogens with zero attached hydrogens (tertiary/aromatic N) is 1. The largest absolute Gasteiger partial charge is 0.214 e. The molecular weight excluding hydrogens is 270 g/mol. The molecule has 5 heteroatoms. The van der Waals surface area contributed by atoms with Gasteiger partial charge in [0.15, 0.2) is 0 Å². The van der Waals surface area contributed by atoms with Crippen LogP contribution in [0.25, 0.3) is 0 Å². The molecule has 0 amide bonds. The topological polar surface area (TPSA) is 37.4 Å². The highest BCUT2D eigenvalue weighted by atomic mass is 35.5. The fourth-order valence-electron chi connectivity index (χ4n) is 2.90. The summed E-state index contributed by atoms with van der Waals surface area (Å²) in [5, 5.41) is 0. The van der Waals surface area contributed by atoms with Crippen LogP contribution < -0.4 is 0 Å². The molecule has 2 fully saturated rings. The molecule has 106 valence electrons. The van der Waals surface area contributed by atoms with E-state index in [4.69, 9.17) is 11.6 Å². The standard InChI is InChI=1S/C13H24ClNO2S/c14-8-6-13-5-2-9-15(11-13)18(16,17)10-7-12-3-1-4-12/h12-13H,1-11H2. The van der Waals surface area contributed by atoms with E-state index in [1.807, 2.05) is 0 Å². The van der Waals surface area contributed by atoms with Crippen molar-refractivity contribution in [2.24, 2.45) is 11.8 Å². The Morgan fingerprint density at radius 3 is 2.39 bits per heavy atom. The van der Waals surface area contributed by atoms with Crippen molar-refractivity contribution in [2.45, 2.75) is 44.9 Å². The molecule has 2 rings (SSSR count). The molecule has 18 heavy (non-hydrogen) atoms. The Labute approximate surface area is 116 Å². The van der Waals surface area contributed by atoms with Crippen molar-refractivity contribution in [3.05, 3.63) is 0 Å². The Bertz CT molecular complexity index is 352. The normalized spacial score (nSPS) is 27.1.